The van der Waals surface area contributed by atoms with Gasteiger partial charge >= 0.3 is 0 Å². The van der Waals surface area contributed by atoms with Gasteiger partial charge in [0.1, 0.15) is 18.0 Å². The number of fused-ring (bicyclic) bond motifs is 2. The summed E-state index contributed by atoms with van der Waals surface area (Å²) in [5.74, 6) is -2.43. The third-order valence-corrected chi connectivity index (χ3v) is 7.53. The molecule has 0 aromatic carbocycles. The Morgan fingerprint density at radius 2 is 2.28 bits per heavy atom. The van der Waals surface area contributed by atoms with E-state index in [1.165, 1.54) is 16.7 Å². The van der Waals surface area contributed by atoms with E-state index in [2.05, 4.69) is 24.9 Å². The van der Waals surface area contributed by atoms with Crippen LogP contribution in [0.3, 0.4) is 0 Å². The van der Waals surface area contributed by atoms with Gasteiger partial charge in [-0.1, -0.05) is 9.67 Å². The highest BCUT2D eigenvalue weighted by molar-refractivity contribution is 8.00. The van der Waals surface area contributed by atoms with Gasteiger partial charge in [0.05, 0.1) is 23.4 Å². The van der Waals surface area contributed by atoms with E-state index < -0.39 is 29.2 Å². The standard InChI is InChI=1S/C21H20N8O5S2/c1-2-34-26-13(16-25-21(22)36-27-16)17(30)24-14-18(31)29-15(20(32)33)11(9-35-19(14)29)7-10-8-23-28-6-4-3-5-12(10)28/h3-6,8,14,19H,2,7,9H2,1H3,(H4,22,24,25,27,30,32,33)/b26-13+/t14-,19-/m1/s1. The number of aromatic nitrogens is 4. The smallest absolute Gasteiger partial charge is 0.278 e. The number of pyridine rings is 1. The maximum absolute atomic E-state index is 13.0. The van der Waals surface area contributed by atoms with Crippen LogP contribution in [0, 0.1) is 0 Å². The molecular weight excluding hydrogens is 508 g/mol. The number of aliphatic carboxylic acids is 1. The van der Waals surface area contributed by atoms with E-state index in [0.717, 1.165) is 22.6 Å². The zero-order valence-electron chi connectivity index (χ0n) is 18.8. The summed E-state index contributed by atoms with van der Waals surface area (Å²) in [5.41, 5.74) is 7.55. The Morgan fingerprint density at radius 3 is 3.00 bits per heavy atom. The summed E-state index contributed by atoms with van der Waals surface area (Å²) >= 11 is 2.24. The number of rotatable bonds is 8. The third kappa shape index (κ3) is 4.15. The summed E-state index contributed by atoms with van der Waals surface area (Å²) in [6.45, 7) is 1.89. The fourth-order valence-corrected chi connectivity index (χ4v) is 5.85. The quantitative estimate of drug-likeness (QED) is 0.137. The molecule has 0 aliphatic carbocycles. The van der Waals surface area contributed by atoms with E-state index in [-0.39, 0.29) is 29.0 Å². The van der Waals surface area contributed by atoms with E-state index in [1.54, 1.807) is 13.1 Å². The molecule has 186 valence electrons. The zero-order valence-corrected chi connectivity index (χ0v) is 20.5. The number of carbonyl (C=O) groups is 3. The van der Waals surface area contributed by atoms with Crippen molar-refractivity contribution in [2.24, 2.45) is 5.16 Å². The molecule has 2 atom stereocenters. The van der Waals surface area contributed by atoms with Crippen molar-refractivity contribution in [2.75, 3.05) is 18.1 Å². The number of amides is 2. The van der Waals surface area contributed by atoms with Crippen molar-refractivity contribution >= 4 is 57.4 Å². The summed E-state index contributed by atoms with van der Waals surface area (Å²) in [5, 5.41) is 21.1. The minimum atomic E-state index is -1.44. The monoisotopic (exact) mass is 528 g/mol. The third-order valence-electron chi connectivity index (χ3n) is 5.65. The molecule has 5 rings (SSSR count). The molecule has 2 amide bonds. The number of β-lactam (4-membered cyclic amide) rings is 1. The average Bonchev–Trinajstić information content (AvgIpc) is 3.48. The number of hydrogen-bond acceptors (Lipinski definition) is 11. The van der Waals surface area contributed by atoms with Gasteiger partial charge in [0.15, 0.2) is 11.3 Å². The first kappa shape index (κ1) is 23.7. The Labute approximate surface area is 212 Å². The molecule has 4 N–H and O–H groups in total. The highest BCUT2D eigenvalue weighted by atomic mass is 32.2. The molecule has 0 unspecified atom stereocenters. The molecule has 0 spiro atoms. The normalized spacial score (nSPS) is 19.8. The molecule has 0 radical (unpaired) electrons. The van der Waals surface area contributed by atoms with Crippen molar-refractivity contribution in [2.45, 2.75) is 24.8 Å². The van der Waals surface area contributed by atoms with Gasteiger partial charge in [0.2, 0.25) is 17.1 Å². The SMILES string of the molecule is CCO/N=C(/C(=O)N[C@@H]1C(=O)N2C(C(=O)[O-])=C(Cc3c[nH][n+]4ccccc34)CS[C@H]12)c1nsc(N)n1. The van der Waals surface area contributed by atoms with Crippen LogP contribution < -0.4 is 20.7 Å². The van der Waals surface area contributed by atoms with Crippen molar-refractivity contribution in [1.82, 2.24) is 24.7 Å². The van der Waals surface area contributed by atoms with Crippen LogP contribution in [0.4, 0.5) is 5.13 Å². The van der Waals surface area contributed by atoms with Crippen LogP contribution in [-0.4, -0.2) is 66.6 Å². The molecule has 1 fully saturated rings. The maximum atomic E-state index is 13.0. The highest BCUT2D eigenvalue weighted by Crippen LogP contribution is 2.41. The van der Waals surface area contributed by atoms with Crippen molar-refractivity contribution in [3.05, 3.63) is 53.3 Å². The fraction of sp³-hybridized carbons (Fsp3) is 0.286. The Kier molecular flexibility index (Phi) is 6.32. The Hall–Kier alpha value is -3.98. The number of carboxylic acids is 1. The second-order valence-electron chi connectivity index (χ2n) is 7.85. The molecular formula is C21H20N8O5S2. The van der Waals surface area contributed by atoms with Gasteiger partial charge in [-0.15, -0.1) is 11.8 Å². The first-order valence-electron chi connectivity index (χ1n) is 10.8. The first-order chi connectivity index (χ1) is 17.4. The summed E-state index contributed by atoms with van der Waals surface area (Å²) in [7, 11) is 0. The molecule has 3 aromatic rings. The zero-order chi connectivity index (χ0) is 25.4. The van der Waals surface area contributed by atoms with Crippen LogP contribution in [0.1, 0.15) is 18.3 Å². The fourth-order valence-electron chi connectivity index (χ4n) is 4.07. The van der Waals surface area contributed by atoms with Gasteiger partial charge in [-0.2, -0.15) is 14.5 Å². The Morgan fingerprint density at radius 1 is 1.44 bits per heavy atom. The predicted octanol–water partition coefficient (Wildman–Crippen LogP) is -1.43. The van der Waals surface area contributed by atoms with Crippen molar-refractivity contribution in [1.29, 1.82) is 0 Å². The van der Waals surface area contributed by atoms with Gasteiger partial charge in [0, 0.05) is 35.8 Å². The van der Waals surface area contributed by atoms with Crippen LogP contribution in [0.2, 0.25) is 0 Å². The van der Waals surface area contributed by atoms with Crippen LogP contribution >= 0.6 is 23.3 Å². The highest BCUT2D eigenvalue weighted by Gasteiger charge is 2.53. The predicted molar refractivity (Wildman–Crippen MR) is 127 cm³/mol. The number of thioether (sulfide) groups is 1. The van der Waals surface area contributed by atoms with E-state index >= 15 is 0 Å². The van der Waals surface area contributed by atoms with E-state index in [1.807, 2.05) is 28.9 Å². The number of aromatic amines is 1. The van der Waals surface area contributed by atoms with Crippen LogP contribution in [0.5, 0.6) is 0 Å². The average molecular weight is 529 g/mol. The Balaban J connectivity index is 1.37. The van der Waals surface area contributed by atoms with Crippen LogP contribution in [0.15, 0.2) is 47.0 Å². The molecule has 5 heterocycles. The number of carbonyl (C=O) groups excluding carboxylic acids is 3. The summed E-state index contributed by atoms with van der Waals surface area (Å²) in [6, 6.07) is 4.70. The topological polar surface area (TPSA) is 183 Å². The summed E-state index contributed by atoms with van der Waals surface area (Å²) < 4.78 is 5.80. The first-order valence-corrected chi connectivity index (χ1v) is 12.7. The number of carboxylic acid groups (broad SMARTS) is 1. The van der Waals surface area contributed by atoms with Gasteiger partial charge in [-0.3, -0.25) is 14.5 Å². The lowest BCUT2D eigenvalue weighted by molar-refractivity contribution is -0.576. The second-order valence-corrected chi connectivity index (χ2v) is 9.73. The van der Waals surface area contributed by atoms with E-state index in [4.69, 9.17) is 10.6 Å². The summed E-state index contributed by atoms with van der Waals surface area (Å²) in [4.78, 5) is 48.2. The summed E-state index contributed by atoms with van der Waals surface area (Å²) in [6.07, 6.45) is 3.97. The van der Waals surface area contributed by atoms with Crippen molar-refractivity contribution in [3.63, 3.8) is 0 Å². The minimum absolute atomic E-state index is 0.0300. The number of nitrogens with zero attached hydrogens (tertiary/aromatic N) is 5. The second kappa shape index (κ2) is 9.58. The van der Waals surface area contributed by atoms with Gasteiger partial charge in [0.25, 0.3) is 11.8 Å². The molecule has 2 aliphatic heterocycles. The number of nitrogens with two attached hydrogens (primary N) is 1. The number of hydrogen-bond donors (Lipinski definition) is 3. The number of oxime groups is 1. The molecule has 0 saturated carbocycles. The maximum Gasteiger partial charge on any atom is 0.278 e. The molecule has 36 heavy (non-hydrogen) atoms. The van der Waals surface area contributed by atoms with Gasteiger partial charge in [-0.05, 0) is 18.6 Å². The lowest BCUT2D eigenvalue weighted by Crippen LogP contribution is -2.71. The van der Waals surface area contributed by atoms with Crippen molar-refractivity contribution < 1.29 is 28.8 Å². The molecule has 3 aromatic heterocycles. The number of anilines is 1. The van der Waals surface area contributed by atoms with Crippen molar-refractivity contribution in [3.8, 4) is 0 Å². The molecule has 15 heteroatoms. The number of nitrogens with one attached hydrogen (secondary N) is 2. The lowest BCUT2D eigenvalue weighted by atomic mass is 9.99. The van der Waals surface area contributed by atoms with Crippen LogP contribution in [-0.2, 0) is 25.6 Å². The largest absolute Gasteiger partial charge is 0.543 e. The number of nitrogen functional groups attached to an aromatic ring is 1. The van der Waals surface area contributed by atoms with E-state index in [0.29, 0.717) is 17.7 Å². The molecule has 13 nitrogen and oxygen atoms in total. The molecule has 1 saturated heterocycles. The van der Waals surface area contributed by atoms with Gasteiger partial charge in [-0.25, -0.2) is 0 Å². The molecule has 0 bridgehead atoms. The lowest BCUT2D eigenvalue weighted by Gasteiger charge is -2.50. The Bertz CT molecular complexity index is 1430. The van der Waals surface area contributed by atoms with Gasteiger partial charge < -0.3 is 25.8 Å². The molecule has 2 aliphatic rings. The van der Waals surface area contributed by atoms with E-state index in [9.17, 15) is 19.5 Å². The minimum Gasteiger partial charge on any atom is -0.543 e. The number of H-pyrrole nitrogens is 1. The van der Waals surface area contributed by atoms with Crippen LogP contribution in [0.25, 0.3) is 5.52 Å².